The number of ether oxygens (including phenoxy) is 2. The van der Waals surface area contributed by atoms with Crippen LogP contribution in [0.25, 0.3) is 6.08 Å². The Bertz CT molecular complexity index is 992. The maximum Gasteiger partial charge on any atom is 0.423 e. The molecule has 0 aromatic heterocycles. The zero-order valence-electron chi connectivity index (χ0n) is 18.7. The number of nitrogens with zero attached hydrogens (tertiary/aromatic N) is 1. The van der Waals surface area contributed by atoms with Crippen LogP contribution in [-0.4, -0.2) is 47.7 Å². The Morgan fingerprint density at radius 2 is 1.94 bits per heavy atom. The van der Waals surface area contributed by atoms with Crippen molar-refractivity contribution in [2.24, 2.45) is 17.8 Å². The Labute approximate surface area is 187 Å². The van der Waals surface area contributed by atoms with E-state index in [2.05, 4.69) is 24.7 Å². The molecule has 4 atom stereocenters. The highest BCUT2D eigenvalue weighted by molar-refractivity contribution is 6.16. The van der Waals surface area contributed by atoms with Gasteiger partial charge in [-0.2, -0.15) is 4.90 Å². The maximum absolute atomic E-state index is 13.0. The van der Waals surface area contributed by atoms with Crippen LogP contribution < -0.4 is 0 Å². The summed E-state index contributed by atoms with van der Waals surface area (Å²) in [5.74, 6) is -1.90. The number of phenols is 1. The van der Waals surface area contributed by atoms with Crippen molar-refractivity contribution in [2.75, 3.05) is 13.7 Å². The second-order valence-corrected chi connectivity index (χ2v) is 8.78. The molecule has 7 nitrogen and oxygen atoms in total. The number of amides is 3. The van der Waals surface area contributed by atoms with E-state index in [4.69, 9.17) is 4.74 Å². The van der Waals surface area contributed by atoms with Gasteiger partial charge in [0.15, 0.2) is 0 Å². The number of aromatic hydroxyl groups is 1. The Hall–Kier alpha value is -2.93. The Morgan fingerprint density at radius 1 is 1.22 bits per heavy atom. The van der Waals surface area contributed by atoms with E-state index < -0.39 is 29.7 Å². The van der Waals surface area contributed by atoms with Crippen LogP contribution in [0.2, 0.25) is 0 Å². The van der Waals surface area contributed by atoms with Gasteiger partial charge in [-0.25, -0.2) is 4.79 Å². The lowest BCUT2D eigenvalue weighted by molar-refractivity contribution is -0.137. The molecule has 1 aliphatic carbocycles. The molecule has 7 heteroatoms. The van der Waals surface area contributed by atoms with Gasteiger partial charge in [0.2, 0.25) is 11.8 Å². The molecule has 32 heavy (non-hydrogen) atoms. The lowest BCUT2D eigenvalue weighted by atomic mass is 9.69. The van der Waals surface area contributed by atoms with E-state index in [9.17, 15) is 19.5 Å². The quantitative estimate of drug-likeness (QED) is 0.549. The average Bonchev–Trinajstić information content (AvgIpc) is 3.31. The van der Waals surface area contributed by atoms with Gasteiger partial charge < -0.3 is 14.6 Å². The number of hydrogen-bond acceptors (Lipinski definition) is 6. The van der Waals surface area contributed by atoms with Crippen molar-refractivity contribution in [1.82, 2.24) is 4.90 Å². The van der Waals surface area contributed by atoms with Gasteiger partial charge in [0, 0.05) is 5.92 Å². The monoisotopic (exact) mass is 439 g/mol. The van der Waals surface area contributed by atoms with Gasteiger partial charge in [-0.1, -0.05) is 36.3 Å². The average molecular weight is 440 g/mol. The number of fused-ring (bicyclic) bond motifs is 3. The summed E-state index contributed by atoms with van der Waals surface area (Å²) < 4.78 is 10.8. The van der Waals surface area contributed by atoms with Crippen molar-refractivity contribution in [1.29, 1.82) is 0 Å². The minimum Gasteiger partial charge on any atom is -0.508 e. The molecule has 0 radical (unpaired) electrons. The molecule has 2 heterocycles. The fourth-order valence-corrected chi connectivity index (χ4v) is 5.37. The maximum atomic E-state index is 13.0. The molecule has 2 saturated heterocycles. The van der Waals surface area contributed by atoms with Crippen LogP contribution in [0.1, 0.15) is 45.1 Å². The minimum atomic E-state index is -0.903. The van der Waals surface area contributed by atoms with E-state index in [1.54, 1.807) is 12.1 Å². The number of phenolic OH excluding ortho intramolecular Hbond substituents is 1. The van der Waals surface area contributed by atoms with Gasteiger partial charge in [0.1, 0.15) is 5.75 Å². The van der Waals surface area contributed by atoms with E-state index in [1.807, 2.05) is 12.1 Å². The minimum absolute atomic E-state index is 0.0888. The largest absolute Gasteiger partial charge is 0.508 e. The predicted octanol–water partition coefficient (Wildman–Crippen LogP) is 4.07. The second kappa shape index (κ2) is 8.90. The lowest BCUT2D eigenvalue weighted by Crippen LogP contribution is -2.38. The van der Waals surface area contributed by atoms with Crippen LogP contribution in [0.4, 0.5) is 4.79 Å². The van der Waals surface area contributed by atoms with Crippen molar-refractivity contribution >= 4 is 24.0 Å². The SMILES string of the molecule is CCC1=C2[C@@H](CC/C(C)=C/c3ccc(O)cc3)OC[C@@H]2[C@@H]2C(=O)N(C(=O)OC)C(=O)[C@@H]2C1. The molecule has 2 aliphatic heterocycles. The molecule has 1 aromatic rings. The fraction of sp³-hybridized carbons (Fsp3) is 0.480. The highest BCUT2D eigenvalue weighted by Crippen LogP contribution is 2.50. The first-order valence-electron chi connectivity index (χ1n) is 11.1. The number of hydrogen-bond donors (Lipinski definition) is 1. The standard InChI is InChI=1S/C25H29NO6/c1-4-16-12-18-22(24(29)26(23(18)28)25(30)31-3)19-13-32-20(21(16)19)10-5-14(2)11-15-6-8-17(27)9-7-15/h6-9,11,18-20,22,27H,4-5,10,12-13H2,1-3H3/b14-11+/t18-,19+,20-,22-/m1/s1. The summed E-state index contributed by atoms with van der Waals surface area (Å²) in [6.07, 6.45) is 3.99. The first-order chi connectivity index (χ1) is 15.3. The molecule has 0 unspecified atom stereocenters. The summed E-state index contributed by atoms with van der Waals surface area (Å²) in [4.78, 5) is 38.5. The molecule has 4 rings (SSSR count). The van der Waals surface area contributed by atoms with Gasteiger partial charge in [0.25, 0.3) is 0 Å². The van der Waals surface area contributed by atoms with Crippen molar-refractivity contribution in [3.63, 3.8) is 0 Å². The van der Waals surface area contributed by atoms with E-state index >= 15 is 0 Å². The Kier molecular flexibility index (Phi) is 6.20. The number of carbonyl (C=O) groups excluding carboxylic acids is 3. The topological polar surface area (TPSA) is 93.1 Å². The van der Waals surface area contributed by atoms with Crippen molar-refractivity contribution in [3.05, 3.63) is 46.5 Å². The Balaban J connectivity index is 1.51. The van der Waals surface area contributed by atoms with Gasteiger partial charge in [0.05, 0.1) is 31.7 Å². The van der Waals surface area contributed by atoms with Crippen LogP contribution in [0.5, 0.6) is 5.75 Å². The van der Waals surface area contributed by atoms with Crippen molar-refractivity contribution in [3.8, 4) is 5.75 Å². The highest BCUT2D eigenvalue weighted by atomic mass is 16.5. The zero-order valence-corrected chi connectivity index (χ0v) is 18.7. The van der Waals surface area contributed by atoms with Crippen molar-refractivity contribution in [2.45, 2.75) is 45.6 Å². The molecule has 0 bridgehead atoms. The third kappa shape index (κ3) is 3.86. The summed E-state index contributed by atoms with van der Waals surface area (Å²) in [6.45, 7) is 4.52. The number of imide groups is 3. The summed E-state index contributed by atoms with van der Waals surface area (Å²) in [7, 11) is 1.18. The normalized spacial score (nSPS) is 27.6. The smallest absolute Gasteiger partial charge is 0.423 e. The first-order valence-corrected chi connectivity index (χ1v) is 11.1. The van der Waals surface area contributed by atoms with Gasteiger partial charge in [-0.15, -0.1) is 0 Å². The number of likely N-dealkylation sites (tertiary alicyclic amines) is 1. The number of methoxy groups -OCH3 is 1. The van der Waals surface area contributed by atoms with Gasteiger partial charge in [-0.05, 0) is 55.9 Å². The van der Waals surface area contributed by atoms with Crippen LogP contribution >= 0.6 is 0 Å². The molecular weight excluding hydrogens is 410 g/mol. The second-order valence-electron chi connectivity index (χ2n) is 8.78. The fourth-order valence-electron chi connectivity index (χ4n) is 5.37. The number of rotatable bonds is 5. The predicted molar refractivity (Wildman–Crippen MR) is 117 cm³/mol. The van der Waals surface area contributed by atoms with E-state index in [0.29, 0.717) is 17.9 Å². The van der Waals surface area contributed by atoms with Crippen LogP contribution in [-0.2, 0) is 19.1 Å². The lowest BCUT2D eigenvalue weighted by Gasteiger charge is -2.31. The summed E-state index contributed by atoms with van der Waals surface area (Å²) >= 11 is 0. The highest BCUT2D eigenvalue weighted by Gasteiger charge is 2.58. The van der Waals surface area contributed by atoms with Crippen molar-refractivity contribution < 1.29 is 29.0 Å². The molecule has 1 aromatic carbocycles. The van der Waals surface area contributed by atoms with E-state index in [1.165, 1.54) is 18.3 Å². The number of benzene rings is 1. The summed E-state index contributed by atoms with van der Waals surface area (Å²) in [5.41, 5.74) is 4.54. The van der Waals surface area contributed by atoms with E-state index in [-0.39, 0.29) is 17.8 Å². The van der Waals surface area contributed by atoms with E-state index in [0.717, 1.165) is 30.4 Å². The third-order valence-corrected chi connectivity index (χ3v) is 6.90. The first kappa shape index (κ1) is 22.3. The molecule has 1 N–H and O–H groups in total. The number of carbonyl (C=O) groups is 3. The molecule has 2 fully saturated rings. The Morgan fingerprint density at radius 3 is 2.59 bits per heavy atom. The van der Waals surface area contributed by atoms with Crippen LogP contribution in [0.3, 0.4) is 0 Å². The van der Waals surface area contributed by atoms with Gasteiger partial charge in [-0.3, -0.25) is 9.59 Å². The molecular formula is C25H29NO6. The number of allylic oxidation sites excluding steroid dienone is 2. The third-order valence-electron chi connectivity index (χ3n) is 6.90. The molecule has 170 valence electrons. The van der Waals surface area contributed by atoms with Gasteiger partial charge >= 0.3 is 6.09 Å². The molecule has 0 spiro atoms. The molecule has 0 saturated carbocycles. The zero-order chi connectivity index (χ0) is 23.0. The molecule has 3 aliphatic rings. The van der Waals surface area contributed by atoms with Crippen LogP contribution in [0, 0.1) is 17.8 Å². The molecule has 3 amide bonds. The summed E-state index contributed by atoms with van der Waals surface area (Å²) in [6, 6.07) is 7.07. The summed E-state index contributed by atoms with van der Waals surface area (Å²) in [5, 5.41) is 9.44. The van der Waals surface area contributed by atoms with Crippen LogP contribution in [0.15, 0.2) is 41.0 Å².